The van der Waals surface area contributed by atoms with E-state index in [0.29, 0.717) is 17.3 Å². The molecule has 24 heavy (non-hydrogen) atoms. The topological polar surface area (TPSA) is 58.2 Å². The van der Waals surface area contributed by atoms with Gasteiger partial charge in [0, 0.05) is 58.9 Å². The molecule has 3 unspecified atom stereocenters. The van der Waals surface area contributed by atoms with Gasteiger partial charge in [0.2, 0.25) is 0 Å². The molecule has 7 nitrogen and oxygen atoms in total. The van der Waals surface area contributed by atoms with Crippen LogP contribution in [0.5, 0.6) is 0 Å². The third-order valence-corrected chi connectivity index (χ3v) is 5.10. The van der Waals surface area contributed by atoms with Crippen molar-refractivity contribution in [3.8, 4) is 0 Å². The first kappa shape index (κ1) is 20.8. The van der Waals surface area contributed by atoms with Crippen LogP contribution in [0.25, 0.3) is 0 Å². The second-order valence-electron chi connectivity index (χ2n) is 6.15. The third-order valence-electron chi connectivity index (χ3n) is 4.27. The number of hydrogen-bond acceptors (Lipinski definition) is 7. The van der Waals surface area contributed by atoms with Crippen LogP contribution in [0.2, 0.25) is 0 Å². The van der Waals surface area contributed by atoms with Crippen LogP contribution in [0.15, 0.2) is 0 Å². The molecule has 3 atom stereocenters. The number of fused-ring (bicyclic) bond motifs is 6. The predicted octanol–water partition coefficient (Wildman–Crippen LogP) is -0.392. The molecule has 2 bridgehead atoms. The average Bonchev–Trinajstić information content (AvgIpc) is 2.58. The Labute approximate surface area is 159 Å². The van der Waals surface area contributed by atoms with Gasteiger partial charge in [-0.05, 0) is 0 Å². The summed E-state index contributed by atoms with van der Waals surface area (Å²) in [6, 6.07) is 0. The number of ether oxygens (including phenoxy) is 3. The summed E-state index contributed by atoms with van der Waals surface area (Å²) >= 11 is 2.49. The van der Waals surface area contributed by atoms with E-state index in [2.05, 4.69) is 43.0 Å². The van der Waals surface area contributed by atoms with Crippen LogP contribution in [-0.2, 0) is 14.2 Å². The van der Waals surface area contributed by atoms with Crippen molar-refractivity contribution >= 4 is 22.6 Å². The van der Waals surface area contributed by atoms with E-state index in [1.54, 1.807) is 0 Å². The van der Waals surface area contributed by atoms with Crippen molar-refractivity contribution in [2.45, 2.75) is 4.05 Å². The zero-order valence-electron chi connectivity index (χ0n) is 14.7. The number of nitrogens with one attached hydrogen (secondary N) is 2. The van der Waals surface area contributed by atoms with E-state index in [-0.39, 0.29) is 0 Å². The minimum atomic E-state index is 0.438. The zero-order chi connectivity index (χ0) is 16.9. The highest BCUT2D eigenvalue weighted by molar-refractivity contribution is 14.1. The maximum absolute atomic E-state index is 5.87. The molecule has 0 aromatic heterocycles. The van der Waals surface area contributed by atoms with Crippen LogP contribution >= 0.6 is 22.6 Å². The lowest BCUT2D eigenvalue weighted by atomic mass is 10.4. The Hall–Kier alpha value is 0.450. The highest BCUT2D eigenvalue weighted by atomic mass is 127. The summed E-state index contributed by atoms with van der Waals surface area (Å²) in [6.45, 7) is 13.3. The van der Waals surface area contributed by atoms with E-state index >= 15 is 0 Å². The first-order valence-corrected chi connectivity index (χ1v) is 10.4. The van der Waals surface area contributed by atoms with Crippen LogP contribution < -0.4 is 10.6 Å². The molecule has 0 radical (unpaired) electrons. The van der Waals surface area contributed by atoms with E-state index in [0.717, 1.165) is 85.3 Å². The van der Waals surface area contributed by atoms with Crippen LogP contribution in [0.4, 0.5) is 0 Å². The Morgan fingerprint density at radius 1 is 0.667 bits per heavy atom. The van der Waals surface area contributed by atoms with E-state index in [1.165, 1.54) is 0 Å². The lowest BCUT2D eigenvalue weighted by molar-refractivity contribution is 0.0322. The molecule has 142 valence electrons. The van der Waals surface area contributed by atoms with Crippen LogP contribution in [-0.4, -0.2) is 112 Å². The second kappa shape index (κ2) is 13.6. The number of rotatable bonds is 0. The van der Waals surface area contributed by atoms with Crippen molar-refractivity contribution in [2.24, 2.45) is 0 Å². The normalized spacial score (nSPS) is 33.6. The summed E-state index contributed by atoms with van der Waals surface area (Å²) in [4.78, 5) is 4.84. The van der Waals surface area contributed by atoms with E-state index in [9.17, 15) is 0 Å². The second-order valence-corrected chi connectivity index (χ2v) is 7.65. The summed E-state index contributed by atoms with van der Waals surface area (Å²) in [5, 5.41) is 7.11. The molecule has 2 saturated heterocycles. The number of halogens is 1. The van der Waals surface area contributed by atoms with Crippen molar-refractivity contribution in [3.63, 3.8) is 0 Å². The van der Waals surface area contributed by atoms with Gasteiger partial charge < -0.3 is 24.8 Å². The quantitative estimate of drug-likeness (QED) is 0.223. The van der Waals surface area contributed by atoms with Crippen LogP contribution in [0, 0.1) is 0 Å². The van der Waals surface area contributed by atoms with Gasteiger partial charge in [-0.3, -0.25) is 9.80 Å². The molecule has 2 N–H and O–H groups in total. The molecule has 0 aromatic carbocycles. The summed E-state index contributed by atoms with van der Waals surface area (Å²) in [7, 11) is 0. The van der Waals surface area contributed by atoms with Gasteiger partial charge >= 0.3 is 0 Å². The Kier molecular flexibility index (Phi) is 11.8. The average molecular weight is 456 g/mol. The maximum atomic E-state index is 5.87. The van der Waals surface area contributed by atoms with E-state index < -0.39 is 0 Å². The highest BCUT2D eigenvalue weighted by Crippen LogP contribution is 2.02. The Bertz CT molecular complexity index is 315. The number of alkyl halides is 1. The van der Waals surface area contributed by atoms with Gasteiger partial charge in [-0.1, -0.05) is 22.6 Å². The van der Waals surface area contributed by atoms with Crippen molar-refractivity contribution in [1.29, 1.82) is 0 Å². The molecular formula is C16H33IN4O3. The van der Waals surface area contributed by atoms with Crippen LogP contribution in [0.3, 0.4) is 0 Å². The first-order chi connectivity index (χ1) is 11.8. The minimum Gasteiger partial charge on any atom is -0.379 e. The Balaban J connectivity index is 1.92. The molecule has 0 spiro atoms. The standard InChI is InChI=1S/C16H33IN4O3/c17-16-15-21-7-11-22-9-5-20(4-3-18-1-2-19-16)6-10-23-13-14-24-12-8-21/h16,18-19H,1-15H2. The lowest BCUT2D eigenvalue weighted by Crippen LogP contribution is -2.42. The van der Waals surface area contributed by atoms with Gasteiger partial charge in [-0.2, -0.15) is 0 Å². The summed E-state index contributed by atoms with van der Waals surface area (Å²) in [5.74, 6) is 0. The van der Waals surface area contributed by atoms with Gasteiger partial charge in [-0.25, -0.2) is 0 Å². The molecule has 2 rings (SSSR count). The smallest absolute Gasteiger partial charge is 0.0723 e. The van der Waals surface area contributed by atoms with Crippen molar-refractivity contribution in [3.05, 3.63) is 0 Å². The fourth-order valence-electron chi connectivity index (χ4n) is 2.80. The van der Waals surface area contributed by atoms with Crippen molar-refractivity contribution in [1.82, 2.24) is 20.4 Å². The maximum Gasteiger partial charge on any atom is 0.0723 e. The van der Waals surface area contributed by atoms with Gasteiger partial charge in [0.15, 0.2) is 0 Å². The summed E-state index contributed by atoms with van der Waals surface area (Å²) < 4.78 is 17.7. The molecule has 0 saturated carbocycles. The summed E-state index contributed by atoms with van der Waals surface area (Å²) in [5.41, 5.74) is 0. The molecule has 2 aliphatic rings. The van der Waals surface area contributed by atoms with Gasteiger partial charge in [-0.15, -0.1) is 0 Å². The highest BCUT2D eigenvalue weighted by Gasteiger charge is 2.12. The first-order valence-electron chi connectivity index (χ1n) is 9.11. The van der Waals surface area contributed by atoms with Crippen LogP contribution in [0.1, 0.15) is 0 Å². The number of nitrogens with zero attached hydrogens (tertiary/aromatic N) is 2. The SMILES string of the molecule is IC1CN2CCOCCOCCN(CCNCCN1)CCOCC2. The predicted molar refractivity (Wildman–Crippen MR) is 104 cm³/mol. The summed E-state index contributed by atoms with van der Waals surface area (Å²) in [6.07, 6.45) is 0. The van der Waals surface area contributed by atoms with E-state index in [4.69, 9.17) is 14.2 Å². The van der Waals surface area contributed by atoms with Crippen molar-refractivity contribution < 1.29 is 14.2 Å². The van der Waals surface area contributed by atoms with E-state index in [1.807, 2.05) is 0 Å². The zero-order valence-corrected chi connectivity index (χ0v) is 16.8. The third kappa shape index (κ3) is 9.81. The molecule has 0 amide bonds. The van der Waals surface area contributed by atoms with Gasteiger partial charge in [0.1, 0.15) is 0 Å². The molecule has 8 heteroatoms. The monoisotopic (exact) mass is 456 g/mol. The number of hydrogen-bond donors (Lipinski definition) is 2. The molecule has 2 aliphatic heterocycles. The van der Waals surface area contributed by atoms with Gasteiger partial charge in [0.05, 0.1) is 43.7 Å². The Morgan fingerprint density at radius 2 is 1.25 bits per heavy atom. The lowest BCUT2D eigenvalue weighted by Gasteiger charge is -2.25. The van der Waals surface area contributed by atoms with Gasteiger partial charge in [0.25, 0.3) is 0 Å². The molecule has 0 aromatic rings. The fraction of sp³-hybridized carbons (Fsp3) is 1.00. The minimum absolute atomic E-state index is 0.438. The molecule has 2 fully saturated rings. The molecule has 2 heterocycles. The molecule has 0 aliphatic carbocycles. The van der Waals surface area contributed by atoms with Crippen molar-refractivity contribution in [2.75, 3.05) is 98.5 Å². The Morgan fingerprint density at radius 3 is 1.92 bits per heavy atom. The largest absolute Gasteiger partial charge is 0.379 e. The molecular weight excluding hydrogens is 423 g/mol. The fourth-order valence-corrected chi connectivity index (χ4v) is 3.67.